The van der Waals surface area contributed by atoms with Gasteiger partial charge in [0.15, 0.2) is 0 Å². The molecule has 1 aromatic carbocycles. The van der Waals surface area contributed by atoms with Gasteiger partial charge in [0.25, 0.3) is 0 Å². The topological polar surface area (TPSA) is 46.5 Å². The van der Waals surface area contributed by atoms with E-state index in [0.29, 0.717) is 6.42 Å². The molecule has 0 aromatic heterocycles. The van der Waals surface area contributed by atoms with Gasteiger partial charge in [-0.25, -0.2) is 0 Å². The Morgan fingerprint density at radius 3 is 2.53 bits per heavy atom. The number of aliphatic carboxylic acids is 1. The molecule has 0 fully saturated rings. The molecule has 0 saturated heterocycles. The first-order chi connectivity index (χ1) is 7.87. The van der Waals surface area contributed by atoms with Gasteiger partial charge >= 0.3 is 5.97 Å². The van der Waals surface area contributed by atoms with Crippen molar-refractivity contribution in [3.05, 3.63) is 35.4 Å². The van der Waals surface area contributed by atoms with Gasteiger partial charge in [-0.3, -0.25) is 4.79 Å². The molecule has 1 rings (SSSR count). The van der Waals surface area contributed by atoms with Crippen molar-refractivity contribution in [3.63, 3.8) is 0 Å². The largest absolute Gasteiger partial charge is 0.481 e. The third kappa shape index (κ3) is 3.56. The highest BCUT2D eigenvalue weighted by Crippen LogP contribution is 2.25. The molecule has 3 nitrogen and oxygen atoms in total. The van der Waals surface area contributed by atoms with Crippen molar-refractivity contribution in [2.24, 2.45) is 0 Å². The molecule has 0 spiro atoms. The van der Waals surface area contributed by atoms with Crippen LogP contribution in [0, 0.1) is 0 Å². The van der Waals surface area contributed by atoms with Crippen LogP contribution < -0.4 is 0 Å². The Hall–Kier alpha value is -1.35. The molecule has 17 heavy (non-hydrogen) atoms. The number of benzene rings is 1. The molecule has 0 saturated carbocycles. The zero-order valence-corrected chi connectivity index (χ0v) is 10.9. The lowest BCUT2D eigenvalue weighted by molar-refractivity contribution is -0.138. The van der Waals surface area contributed by atoms with E-state index in [1.54, 1.807) is 14.0 Å². The van der Waals surface area contributed by atoms with Crippen LogP contribution in [0.25, 0.3) is 0 Å². The minimum absolute atomic E-state index is 0.283. The lowest BCUT2D eigenvalue weighted by Gasteiger charge is -2.25. The lowest BCUT2D eigenvalue weighted by Crippen LogP contribution is -2.26. The Labute approximate surface area is 102 Å². The number of carboxylic acid groups (broad SMARTS) is 1. The summed E-state index contributed by atoms with van der Waals surface area (Å²) in [6.07, 6.45) is 0.706. The highest BCUT2D eigenvalue weighted by molar-refractivity contribution is 5.76. The number of hydrogen-bond acceptors (Lipinski definition) is 2. The van der Waals surface area contributed by atoms with Gasteiger partial charge in [0.2, 0.25) is 0 Å². The summed E-state index contributed by atoms with van der Waals surface area (Å²) >= 11 is 0. The van der Waals surface area contributed by atoms with Gasteiger partial charge in [0, 0.05) is 13.5 Å². The molecule has 0 aliphatic rings. The van der Waals surface area contributed by atoms with E-state index >= 15 is 0 Å². The van der Waals surface area contributed by atoms with Crippen LogP contribution in [-0.2, 0) is 16.0 Å². The number of hydrogen-bond donors (Lipinski definition) is 1. The molecule has 0 aliphatic heterocycles. The summed E-state index contributed by atoms with van der Waals surface area (Å²) in [5.41, 5.74) is 1.62. The first-order valence-electron chi connectivity index (χ1n) is 5.73. The summed E-state index contributed by atoms with van der Waals surface area (Å²) in [6.45, 7) is 5.70. The van der Waals surface area contributed by atoms with Gasteiger partial charge in [-0.1, -0.05) is 24.3 Å². The molecule has 1 N–H and O–H groups in total. The second kappa shape index (κ2) is 5.32. The maximum absolute atomic E-state index is 11.1. The predicted molar refractivity (Wildman–Crippen MR) is 67.3 cm³/mol. The quantitative estimate of drug-likeness (QED) is 0.855. The van der Waals surface area contributed by atoms with Gasteiger partial charge in [-0.2, -0.15) is 0 Å². The Morgan fingerprint density at radius 2 is 2.00 bits per heavy atom. The summed E-state index contributed by atoms with van der Waals surface area (Å²) < 4.78 is 5.39. The fourth-order valence-electron chi connectivity index (χ4n) is 1.78. The molecule has 0 amide bonds. The lowest BCUT2D eigenvalue weighted by atomic mass is 9.89. The molecule has 0 radical (unpaired) electrons. The molecule has 3 heteroatoms. The molecule has 1 unspecified atom stereocenters. The average molecular weight is 236 g/mol. The number of ether oxygens (including phenoxy) is 1. The van der Waals surface area contributed by atoms with Crippen LogP contribution in [0.4, 0.5) is 0 Å². The Bertz CT molecular complexity index is 396. The minimum atomic E-state index is -0.798. The van der Waals surface area contributed by atoms with E-state index in [9.17, 15) is 4.79 Å². The van der Waals surface area contributed by atoms with Crippen LogP contribution in [0.15, 0.2) is 24.3 Å². The standard InChI is InChI=1S/C14H20O3/c1-10(13(15)16)12-8-6-5-7-11(12)9-14(2,3)17-4/h5-8,10H,9H2,1-4H3,(H,15,16). The minimum Gasteiger partial charge on any atom is -0.481 e. The Balaban J connectivity index is 3.04. The number of carboxylic acids is 1. The fourth-order valence-corrected chi connectivity index (χ4v) is 1.78. The molecule has 0 aliphatic carbocycles. The third-order valence-corrected chi connectivity index (χ3v) is 3.06. The number of rotatable bonds is 5. The maximum Gasteiger partial charge on any atom is 0.310 e. The summed E-state index contributed by atoms with van der Waals surface area (Å²) in [5, 5.41) is 9.08. The maximum atomic E-state index is 11.1. The molecule has 0 bridgehead atoms. The second-order valence-electron chi connectivity index (χ2n) is 4.90. The van der Waals surface area contributed by atoms with Crippen LogP contribution >= 0.6 is 0 Å². The van der Waals surface area contributed by atoms with E-state index < -0.39 is 11.9 Å². The SMILES string of the molecule is COC(C)(C)Cc1ccccc1C(C)C(=O)O. The van der Waals surface area contributed by atoms with Crippen LogP contribution in [-0.4, -0.2) is 23.8 Å². The van der Waals surface area contributed by atoms with Crippen molar-refractivity contribution in [1.82, 2.24) is 0 Å². The summed E-state index contributed by atoms with van der Waals surface area (Å²) in [4.78, 5) is 11.1. The average Bonchev–Trinajstić information content (AvgIpc) is 2.28. The smallest absolute Gasteiger partial charge is 0.310 e. The van der Waals surface area contributed by atoms with Crippen molar-refractivity contribution in [2.45, 2.75) is 38.7 Å². The predicted octanol–water partition coefficient (Wildman–Crippen LogP) is 2.84. The normalized spacial score (nSPS) is 13.4. The molecule has 0 heterocycles. The number of carbonyl (C=O) groups is 1. The molecular weight excluding hydrogens is 216 g/mol. The molecule has 1 atom stereocenters. The van der Waals surface area contributed by atoms with Crippen LogP contribution in [0.1, 0.15) is 37.8 Å². The van der Waals surface area contributed by atoms with Crippen LogP contribution in [0.5, 0.6) is 0 Å². The van der Waals surface area contributed by atoms with E-state index in [4.69, 9.17) is 9.84 Å². The van der Waals surface area contributed by atoms with Gasteiger partial charge in [0.1, 0.15) is 0 Å². The highest BCUT2D eigenvalue weighted by atomic mass is 16.5. The Kier molecular flexibility index (Phi) is 4.29. The van der Waals surface area contributed by atoms with Gasteiger partial charge in [0.05, 0.1) is 11.5 Å². The molecule has 1 aromatic rings. The first kappa shape index (κ1) is 13.7. The van der Waals surface area contributed by atoms with Crippen molar-refractivity contribution in [1.29, 1.82) is 0 Å². The van der Waals surface area contributed by atoms with Crippen LogP contribution in [0.2, 0.25) is 0 Å². The van der Waals surface area contributed by atoms with E-state index in [1.165, 1.54) is 0 Å². The zero-order valence-electron chi connectivity index (χ0n) is 10.9. The second-order valence-corrected chi connectivity index (χ2v) is 4.90. The van der Waals surface area contributed by atoms with Crippen molar-refractivity contribution < 1.29 is 14.6 Å². The van der Waals surface area contributed by atoms with Gasteiger partial charge < -0.3 is 9.84 Å². The van der Waals surface area contributed by atoms with Crippen molar-refractivity contribution in [3.8, 4) is 0 Å². The molecular formula is C14H20O3. The van der Waals surface area contributed by atoms with E-state index in [2.05, 4.69) is 0 Å². The van der Waals surface area contributed by atoms with Gasteiger partial charge in [-0.05, 0) is 31.9 Å². The summed E-state index contributed by atoms with van der Waals surface area (Å²) in [7, 11) is 1.67. The summed E-state index contributed by atoms with van der Waals surface area (Å²) in [5.74, 6) is -1.29. The summed E-state index contributed by atoms with van der Waals surface area (Å²) in [6, 6.07) is 7.65. The first-order valence-corrected chi connectivity index (χ1v) is 5.73. The molecule has 94 valence electrons. The monoisotopic (exact) mass is 236 g/mol. The number of methoxy groups -OCH3 is 1. The van der Waals surface area contributed by atoms with Gasteiger partial charge in [-0.15, -0.1) is 0 Å². The van der Waals surface area contributed by atoms with Crippen molar-refractivity contribution in [2.75, 3.05) is 7.11 Å². The Morgan fingerprint density at radius 1 is 1.41 bits per heavy atom. The highest BCUT2D eigenvalue weighted by Gasteiger charge is 2.22. The van der Waals surface area contributed by atoms with Crippen molar-refractivity contribution >= 4 is 5.97 Å². The third-order valence-electron chi connectivity index (χ3n) is 3.06. The van der Waals surface area contributed by atoms with E-state index in [1.807, 2.05) is 38.1 Å². The fraction of sp³-hybridized carbons (Fsp3) is 0.500. The van der Waals surface area contributed by atoms with E-state index in [-0.39, 0.29) is 5.60 Å². The zero-order chi connectivity index (χ0) is 13.1. The van der Waals surface area contributed by atoms with E-state index in [0.717, 1.165) is 11.1 Å². The van der Waals surface area contributed by atoms with Crippen LogP contribution in [0.3, 0.4) is 0 Å².